The standard InChI is InChI=1S/C7H6N4O2/c8-3-1-4-5(9-2-3)7(13)11-10-6(4)12/h1-2H,8H2,(H,10,12)(H,11,13). The highest BCUT2D eigenvalue weighted by Gasteiger charge is 2.03. The van der Waals surface area contributed by atoms with Crippen molar-refractivity contribution in [1.29, 1.82) is 0 Å². The fraction of sp³-hybridized carbons (Fsp3) is 0. The second kappa shape index (κ2) is 2.44. The zero-order valence-electron chi connectivity index (χ0n) is 6.50. The van der Waals surface area contributed by atoms with Gasteiger partial charge >= 0.3 is 0 Å². The zero-order valence-corrected chi connectivity index (χ0v) is 6.50. The Hall–Kier alpha value is -2.11. The van der Waals surface area contributed by atoms with Gasteiger partial charge in [-0.2, -0.15) is 0 Å². The molecule has 0 spiro atoms. The summed E-state index contributed by atoms with van der Waals surface area (Å²) in [5.41, 5.74) is 5.02. The van der Waals surface area contributed by atoms with Crippen molar-refractivity contribution in [2.75, 3.05) is 5.73 Å². The third-order valence-electron chi connectivity index (χ3n) is 1.66. The quantitative estimate of drug-likeness (QED) is 0.490. The number of nitrogens with zero attached hydrogens (tertiary/aromatic N) is 1. The Balaban J connectivity index is 3.10. The largest absolute Gasteiger partial charge is 0.397 e. The highest BCUT2D eigenvalue weighted by atomic mass is 16.1. The van der Waals surface area contributed by atoms with Crippen LogP contribution in [-0.4, -0.2) is 15.2 Å². The third-order valence-corrected chi connectivity index (χ3v) is 1.66. The van der Waals surface area contributed by atoms with Crippen molar-refractivity contribution in [2.45, 2.75) is 0 Å². The lowest BCUT2D eigenvalue weighted by molar-refractivity contribution is 0.970. The van der Waals surface area contributed by atoms with E-state index in [2.05, 4.69) is 15.2 Å². The van der Waals surface area contributed by atoms with Crippen LogP contribution in [0.25, 0.3) is 10.9 Å². The fourth-order valence-electron chi connectivity index (χ4n) is 1.08. The Kier molecular flexibility index (Phi) is 1.42. The maximum Gasteiger partial charge on any atom is 0.289 e. The summed E-state index contributed by atoms with van der Waals surface area (Å²) in [6, 6.07) is 1.41. The van der Waals surface area contributed by atoms with Gasteiger partial charge in [-0.25, -0.2) is 4.98 Å². The van der Waals surface area contributed by atoms with E-state index < -0.39 is 11.1 Å². The summed E-state index contributed by atoms with van der Waals surface area (Å²) in [5, 5.41) is 4.54. The maximum absolute atomic E-state index is 11.2. The topological polar surface area (TPSA) is 105 Å². The number of nitrogens with two attached hydrogens (primary N) is 1. The minimum Gasteiger partial charge on any atom is -0.397 e. The van der Waals surface area contributed by atoms with Crippen molar-refractivity contribution in [1.82, 2.24) is 15.2 Å². The molecule has 2 aromatic rings. The van der Waals surface area contributed by atoms with Crippen LogP contribution in [0.2, 0.25) is 0 Å². The first-order valence-electron chi connectivity index (χ1n) is 3.54. The van der Waals surface area contributed by atoms with Crippen LogP contribution in [0.1, 0.15) is 0 Å². The number of anilines is 1. The first kappa shape index (κ1) is 7.53. The van der Waals surface area contributed by atoms with E-state index in [0.717, 1.165) is 0 Å². The highest BCUT2D eigenvalue weighted by Crippen LogP contribution is 2.04. The number of nitrogens with one attached hydrogen (secondary N) is 2. The van der Waals surface area contributed by atoms with Gasteiger partial charge in [0.05, 0.1) is 17.3 Å². The fourth-order valence-corrected chi connectivity index (χ4v) is 1.08. The lowest BCUT2D eigenvalue weighted by atomic mass is 10.3. The lowest BCUT2D eigenvalue weighted by Gasteiger charge is -1.95. The number of nitrogen functional groups attached to an aromatic ring is 1. The van der Waals surface area contributed by atoms with Crippen molar-refractivity contribution in [3.8, 4) is 0 Å². The van der Waals surface area contributed by atoms with Gasteiger partial charge in [0.25, 0.3) is 11.1 Å². The van der Waals surface area contributed by atoms with Gasteiger partial charge in [-0.1, -0.05) is 0 Å². The summed E-state index contributed by atoms with van der Waals surface area (Å²) in [4.78, 5) is 26.0. The number of aromatic amines is 2. The van der Waals surface area contributed by atoms with Gasteiger partial charge in [-0.15, -0.1) is 0 Å². The Morgan fingerprint density at radius 2 is 1.92 bits per heavy atom. The molecule has 66 valence electrons. The Morgan fingerprint density at radius 3 is 2.69 bits per heavy atom. The molecule has 6 heteroatoms. The van der Waals surface area contributed by atoms with Crippen molar-refractivity contribution in [3.05, 3.63) is 33.0 Å². The number of pyridine rings is 1. The minimum absolute atomic E-state index is 0.0953. The van der Waals surface area contributed by atoms with Crippen LogP contribution in [0, 0.1) is 0 Å². The maximum atomic E-state index is 11.2. The predicted molar refractivity (Wildman–Crippen MR) is 47.4 cm³/mol. The van der Waals surface area contributed by atoms with Crippen molar-refractivity contribution >= 4 is 16.6 Å². The van der Waals surface area contributed by atoms with Crippen LogP contribution in [-0.2, 0) is 0 Å². The second-order valence-corrected chi connectivity index (χ2v) is 2.57. The van der Waals surface area contributed by atoms with Gasteiger partial charge < -0.3 is 5.73 Å². The number of H-pyrrole nitrogens is 2. The van der Waals surface area contributed by atoms with E-state index in [1.165, 1.54) is 12.3 Å². The summed E-state index contributed by atoms with van der Waals surface area (Å²) in [6.07, 6.45) is 1.33. The zero-order chi connectivity index (χ0) is 9.42. The number of hydrogen-bond donors (Lipinski definition) is 3. The van der Waals surface area contributed by atoms with Crippen molar-refractivity contribution < 1.29 is 0 Å². The number of hydrogen-bond acceptors (Lipinski definition) is 4. The Morgan fingerprint density at radius 1 is 1.23 bits per heavy atom. The number of rotatable bonds is 0. The van der Waals surface area contributed by atoms with E-state index in [9.17, 15) is 9.59 Å². The molecule has 13 heavy (non-hydrogen) atoms. The van der Waals surface area contributed by atoms with E-state index in [1.54, 1.807) is 0 Å². The average Bonchev–Trinajstić information content (AvgIpc) is 2.12. The molecule has 0 saturated carbocycles. The van der Waals surface area contributed by atoms with E-state index in [4.69, 9.17) is 5.73 Å². The lowest BCUT2D eigenvalue weighted by Crippen LogP contribution is -2.19. The predicted octanol–water partition coefficient (Wildman–Crippen LogP) is -0.806. The summed E-state index contributed by atoms with van der Waals surface area (Å²) < 4.78 is 0. The van der Waals surface area contributed by atoms with Crippen LogP contribution < -0.4 is 16.9 Å². The van der Waals surface area contributed by atoms with Crippen molar-refractivity contribution in [3.63, 3.8) is 0 Å². The number of fused-ring (bicyclic) bond motifs is 1. The molecule has 0 atom stereocenters. The molecule has 4 N–H and O–H groups in total. The van der Waals surface area contributed by atoms with Crippen LogP contribution in [0.5, 0.6) is 0 Å². The third kappa shape index (κ3) is 1.08. The van der Waals surface area contributed by atoms with Crippen LogP contribution >= 0.6 is 0 Å². The van der Waals surface area contributed by atoms with E-state index >= 15 is 0 Å². The first-order valence-corrected chi connectivity index (χ1v) is 3.54. The monoisotopic (exact) mass is 178 g/mol. The summed E-state index contributed by atoms with van der Waals surface area (Å²) in [5.74, 6) is 0. The van der Waals surface area contributed by atoms with Crippen LogP contribution in [0.4, 0.5) is 5.69 Å². The Labute approximate surface area is 71.4 Å². The molecule has 6 nitrogen and oxygen atoms in total. The van der Waals surface area contributed by atoms with Gasteiger partial charge in [0.2, 0.25) is 0 Å². The molecule has 2 rings (SSSR count). The molecule has 2 aromatic heterocycles. The van der Waals surface area contributed by atoms with Gasteiger partial charge in [-0.05, 0) is 6.07 Å². The molecular formula is C7H6N4O2. The van der Waals surface area contributed by atoms with Crippen LogP contribution in [0.15, 0.2) is 21.9 Å². The summed E-state index contributed by atoms with van der Waals surface area (Å²) in [6.45, 7) is 0. The number of aromatic nitrogens is 3. The average molecular weight is 178 g/mol. The minimum atomic E-state index is -0.436. The van der Waals surface area contributed by atoms with Gasteiger partial charge in [-0.3, -0.25) is 19.8 Å². The normalized spacial score (nSPS) is 10.5. The molecule has 0 aliphatic heterocycles. The molecular weight excluding hydrogens is 172 g/mol. The second-order valence-electron chi connectivity index (χ2n) is 2.57. The van der Waals surface area contributed by atoms with Crippen molar-refractivity contribution in [2.24, 2.45) is 0 Å². The van der Waals surface area contributed by atoms with Gasteiger partial charge in [0.15, 0.2) is 0 Å². The van der Waals surface area contributed by atoms with E-state index in [1.807, 2.05) is 0 Å². The SMILES string of the molecule is Nc1cnc2c(=O)[nH][nH]c(=O)c2c1. The van der Waals surface area contributed by atoms with E-state index in [0.29, 0.717) is 5.69 Å². The van der Waals surface area contributed by atoms with Gasteiger partial charge in [0.1, 0.15) is 5.52 Å². The molecule has 0 aromatic carbocycles. The molecule has 0 aliphatic rings. The smallest absolute Gasteiger partial charge is 0.289 e. The molecule has 0 fully saturated rings. The molecule has 0 unspecified atom stereocenters. The van der Waals surface area contributed by atoms with Crippen LogP contribution in [0.3, 0.4) is 0 Å². The Bertz CT molecular complexity index is 568. The molecule has 0 bridgehead atoms. The van der Waals surface area contributed by atoms with E-state index in [-0.39, 0.29) is 10.9 Å². The summed E-state index contributed by atoms with van der Waals surface area (Å²) in [7, 11) is 0. The van der Waals surface area contributed by atoms with Gasteiger partial charge in [0, 0.05) is 0 Å². The first-order chi connectivity index (χ1) is 6.18. The molecule has 2 heterocycles. The summed E-state index contributed by atoms with van der Waals surface area (Å²) >= 11 is 0. The molecule has 0 radical (unpaired) electrons. The molecule has 0 amide bonds. The molecule has 0 aliphatic carbocycles. The highest BCUT2D eigenvalue weighted by molar-refractivity contribution is 5.78. The molecule has 0 saturated heterocycles.